The molecule has 0 radical (unpaired) electrons. The molecular weight excluding hydrogens is 268 g/mol. The van der Waals surface area contributed by atoms with Gasteiger partial charge in [0.1, 0.15) is 12.4 Å². The lowest BCUT2D eigenvalue weighted by atomic mass is 10.3. The van der Waals surface area contributed by atoms with Gasteiger partial charge in [0.05, 0.1) is 13.6 Å². The first-order chi connectivity index (χ1) is 9.20. The summed E-state index contributed by atoms with van der Waals surface area (Å²) in [6.45, 7) is 4.33. The monoisotopic (exact) mass is 288 g/mol. The molecule has 0 amide bonds. The zero-order valence-corrected chi connectivity index (χ0v) is 11.8. The summed E-state index contributed by atoms with van der Waals surface area (Å²) < 4.78 is 4.28. The Morgan fingerprint density at radius 2 is 1.70 bits per heavy atom. The highest BCUT2D eigenvalue weighted by Gasteiger charge is 2.04. The summed E-state index contributed by atoms with van der Waals surface area (Å²) >= 11 is 0. The zero-order valence-electron chi connectivity index (χ0n) is 11.8. The molecule has 20 heavy (non-hydrogen) atoms. The minimum absolute atomic E-state index is 0.972. The number of carbonyl (C=O) groups excluding carboxylic acids is 1. The molecule has 2 N–H and O–H groups in total. The first-order valence-corrected chi connectivity index (χ1v) is 5.85. The second kappa shape index (κ2) is 11.7. The molecule has 8 heteroatoms. The predicted octanol–water partition coefficient (Wildman–Crippen LogP) is -0.975. The zero-order chi connectivity index (χ0) is 16.1. The topological polar surface area (TPSA) is 124 Å². The van der Waals surface area contributed by atoms with Crippen molar-refractivity contribution in [2.24, 2.45) is 7.05 Å². The van der Waals surface area contributed by atoms with Crippen molar-refractivity contribution in [3.8, 4) is 0 Å². The average Bonchev–Trinajstić information content (AvgIpc) is 2.72. The predicted molar refractivity (Wildman–Crippen MR) is 66.5 cm³/mol. The number of aryl methyl sites for hydroxylation is 2. The van der Waals surface area contributed by atoms with E-state index < -0.39 is 17.9 Å². The van der Waals surface area contributed by atoms with Crippen molar-refractivity contribution in [2.75, 3.05) is 0 Å². The lowest BCUT2D eigenvalue weighted by Crippen LogP contribution is -2.23. The minimum Gasteiger partial charge on any atom is -0.550 e. The van der Waals surface area contributed by atoms with Crippen molar-refractivity contribution in [1.82, 2.24) is 4.57 Å². The fourth-order valence-electron chi connectivity index (χ4n) is 0.975. The maximum atomic E-state index is 9.10. The Kier molecular flexibility index (Phi) is 11.7. The smallest absolute Gasteiger partial charge is 0.414 e. The molecule has 1 rings (SSSR count). The van der Waals surface area contributed by atoms with Gasteiger partial charge in [0.2, 0.25) is 6.33 Å². The van der Waals surface area contributed by atoms with Crippen LogP contribution in [0.3, 0.4) is 0 Å². The van der Waals surface area contributed by atoms with Crippen LogP contribution in [0.4, 0.5) is 0 Å². The van der Waals surface area contributed by atoms with Gasteiger partial charge in [-0.15, -0.1) is 0 Å². The van der Waals surface area contributed by atoms with E-state index in [9.17, 15) is 0 Å². The van der Waals surface area contributed by atoms with Crippen LogP contribution in [0.2, 0.25) is 0 Å². The lowest BCUT2D eigenvalue weighted by Gasteiger charge is -1.90. The number of carboxylic acid groups (broad SMARTS) is 3. The van der Waals surface area contributed by atoms with E-state index in [0.29, 0.717) is 0 Å². The van der Waals surface area contributed by atoms with Crippen molar-refractivity contribution >= 4 is 17.9 Å². The number of carbonyl (C=O) groups is 3. The fraction of sp³-hybridized carbons (Fsp3) is 0.500. The van der Waals surface area contributed by atoms with Gasteiger partial charge >= 0.3 is 11.9 Å². The largest absolute Gasteiger partial charge is 0.550 e. The van der Waals surface area contributed by atoms with Gasteiger partial charge in [-0.2, -0.15) is 0 Å². The lowest BCUT2D eigenvalue weighted by molar-refractivity contribution is -0.671. The number of imidazole rings is 1. The van der Waals surface area contributed by atoms with E-state index in [1.807, 2.05) is 7.05 Å². The third kappa shape index (κ3) is 15.6. The molecule has 0 bridgehead atoms. The van der Waals surface area contributed by atoms with Gasteiger partial charge in [-0.1, -0.05) is 13.3 Å². The average molecular weight is 288 g/mol. The molecular formula is C12H20N2O6. The van der Waals surface area contributed by atoms with Gasteiger partial charge in [-0.05, 0) is 13.3 Å². The van der Waals surface area contributed by atoms with Gasteiger partial charge < -0.3 is 20.1 Å². The van der Waals surface area contributed by atoms with E-state index in [1.54, 1.807) is 0 Å². The Labute approximate surface area is 116 Å². The van der Waals surface area contributed by atoms with E-state index in [0.717, 1.165) is 13.5 Å². The number of carboxylic acids is 3. The van der Waals surface area contributed by atoms with Crippen LogP contribution in [-0.2, 0) is 28.0 Å². The summed E-state index contributed by atoms with van der Waals surface area (Å²) in [5, 5.41) is 23.7. The minimum atomic E-state index is -1.82. The third-order valence-corrected chi connectivity index (χ3v) is 1.78. The highest BCUT2D eigenvalue weighted by atomic mass is 16.4. The molecule has 0 saturated heterocycles. The van der Waals surface area contributed by atoms with Crippen LogP contribution in [0, 0.1) is 0 Å². The van der Waals surface area contributed by atoms with Crippen LogP contribution in [0.25, 0.3) is 0 Å². The molecule has 0 aliphatic carbocycles. The van der Waals surface area contributed by atoms with Crippen molar-refractivity contribution in [3.63, 3.8) is 0 Å². The maximum absolute atomic E-state index is 9.10. The Hall–Kier alpha value is -2.38. The number of hydrogen-bond donors (Lipinski definition) is 2. The van der Waals surface area contributed by atoms with Crippen LogP contribution in [0.5, 0.6) is 0 Å². The summed E-state index contributed by atoms with van der Waals surface area (Å²) in [4.78, 5) is 27.1. The van der Waals surface area contributed by atoms with E-state index in [1.165, 1.54) is 12.8 Å². The number of aromatic nitrogens is 2. The number of hydrogen-bond acceptors (Lipinski definition) is 4. The van der Waals surface area contributed by atoms with E-state index >= 15 is 0 Å². The number of aliphatic carboxylic acids is 3. The number of rotatable bonds is 3. The molecule has 1 heterocycles. The van der Waals surface area contributed by atoms with Gasteiger partial charge in [0.15, 0.2) is 0 Å². The SMILES string of the molecule is CC(=O)[O-].CCCCn1cc[n+](C)c1.O=C(O)C(=O)O. The quantitative estimate of drug-likeness (QED) is 0.544. The molecule has 0 aromatic carbocycles. The van der Waals surface area contributed by atoms with Crippen LogP contribution in [0.1, 0.15) is 26.7 Å². The Bertz CT molecular complexity index is 411. The molecule has 1 aromatic heterocycles. The standard InChI is InChI=1S/C8H15N2.C2H2O4.C2H4O2/c1-3-4-5-10-7-6-9(2)8-10;3-1(4)2(5)6;1-2(3)4/h6-8H,3-5H2,1-2H3;(H,3,4)(H,5,6);1H3,(H,3,4)/q+1;;/p-1. The summed E-state index contributed by atoms with van der Waals surface area (Å²) in [7, 11) is 2.04. The molecule has 0 spiro atoms. The Balaban J connectivity index is 0. The Morgan fingerprint density at radius 3 is 1.95 bits per heavy atom. The van der Waals surface area contributed by atoms with Gasteiger partial charge in [0, 0.05) is 5.97 Å². The molecule has 0 saturated carbocycles. The number of nitrogens with zero attached hydrogens (tertiary/aromatic N) is 2. The second-order valence-corrected chi connectivity index (χ2v) is 3.77. The van der Waals surface area contributed by atoms with Crippen molar-refractivity contribution in [3.05, 3.63) is 18.7 Å². The van der Waals surface area contributed by atoms with Crippen LogP contribution >= 0.6 is 0 Å². The first-order valence-electron chi connectivity index (χ1n) is 5.85. The molecule has 1 aromatic rings. The summed E-state index contributed by atoms with van der Waals surface area (Å²) in [6.07, 6.45) is 8.82. The van der Waals surface area contributed by atoms with Crippen molar-refractivity contribution in [1.29, 1.82) is 0 Å². The molecule has 0 atom stereocenters. The van der Waals surface area contributed by atoms with Crippen molar-refractivity contribution in [2.45, 2.75) is 33.2 Å². The highest BCUT2D eigenvalue weighted by molar-refractivity contribution is 6.27. The second-order valence-electron chi connectivity index (χ2n) is 3.77. The van der Waals surface area contributed by atoms with E-state index in [-0.39, 0.29) is 0 Å². The molecule has 8 nitrogen and oxygen atoms in total. The summed E-state index contributed by atoms with van der Waals surface area (Å²) in [6, 6.07) is 0. The van der Waals surface area contributed by atoms with Crippen molar-refractivity contribution < 1.29 is 34.3 Å². The maximum Gasteiger partial charge on any atom is 0.414 e. The normalized spacial score (nSPS) is 8.55. The first kappa shape index (κ1) is 19.9. The molecule has 0 aliphatic heterocycles. The van der Waals surface area contributed by atoms with Crippen LogP contribution < -0.4 is 9.67 Å². The molecule has 0 unspecified atom stereocenters. The molecule has 114 valence electrons. The van der Waals surface area contributed by atoms with Gasteiger partial charge in [-0.25, -0.2) is 18.7 Å². The van der Waals surface area contributed by atoms with Crippen LogP contribution in [0.15, 0.2) is 18.7 Å². The van der Waals surface area contributed by atoms with E-state index in [4.69, 9.17) is 29.7 Å². The highest BCUT2D eigenvalue weighted by Crippen LogP contribution is 1.91. The van der Waals surface area contributed by atoms with Gasteiger partial charge in [0.25, 0.3) is 0 Å². The summed E-state index contributed by atoms with van der Waals surface area (Å²) in [5.74, 6) is -4.73. The molecule has 0 aliphatic rings. The van der Waals surface area contributed by atoms with Crippen LogP contribution in [-0.4, -0.2) is 32.7 Å². The van der Waals surface area contributed by atoms with E-state index in [2.05, 4.69) is 34.8 Å². The fourth-order valence-corrected chi connectivity index (χ4v) is 0.975. The molecule has 0 fully saturated rings. The Morgan fingerprint density at radius 1 is 1.25 bits per heavy atom. The third-order valence-electron chi connectivity index (χ3n) is 1.78. The number of unbranched alkanes of at least 4 members (excludes halogenated alkanes) is 1. The summed E-state index contributed by atoms with van der Waals surface area (Å²) in [5.41, 5.74) is 0. The van der Waals surface area contributed by atoms with Gasteiger partial charge in [-0.3, -0.25) is 0 Å².